The number of sulfonamides is 1. The number of nitrogens with zero attached hydrogens (tertiary/aromatic N) is 2. The zero-order chi connectivity index (χ0) is 23.1. The first-order valence-electron chi connectivity index (χ1n) is 10.5. The Labute approximate surface area is 193 Å². The van der Waals surface area contributed by atoms with E-state index in [0.29, 0.717) is 31.0 Å². The first-order chi connectivity index (χ1) is 15.3. The fraction of sp³-hybridized carbons (Fsp3) is 0.391. The zero-order valence-corrected chi connectivity index (χ0v) is 20.0. The lowest BCUT2D eigenvalue weighted by Crippen LogP contribution is -2.50. The zero-order valence-electron chi connectivity index (χ0n) is 18.3. The molecule has 0 spiro atoms. The van der Waals surface area contributed by atoms with Crippen LogP contribution < -0.4 is 4.74 Å². The number of Topliss-reactive ketones (excluding diaryl/α,β-unsaturated/α-hetero) is 1. The van der Waals surface area contributed by atoms with Crippen LogP contribution in [0.15, 0.2) is 58.3 Å². The smallest absolute Gasteiger partial charge is 0.243 e. The Kier molecular flexibility index (Phi) is 8.33. The average molecular weight is 477 g/mol. The first-order valence-corrected chi connectivity index (χ1v) is 13.2. The Morgan fingerprint density at radius 3 is 2.12 bits per heavy atom. The number of rotatable bonds is 9. The normalized spacial score (nSPS) is 14.9. The van der Waals surface area contributed by atoms with Crippen molar-refractivity contribution in [3.05, 3.63) is 54.1 Å². The van der Waals surface area contributed by atoms with Crippen LogP contribution >= 0.6 is 11.8 Å². The van der Waals surface area contributed by atoms with Gasteiger partial charge >= 0.3 is 0 Å². The predicted octanol–water partition coefficient (Wildman–Crippen LogP) is 3.30. The molecule has 1 aliphatic heterocycles. The summed E-state index contributed by atoms with van der Waals surface area (Å²) in [4.78, 5) is 27.8. The van der Waals surface area contributed by atoms with Crippen LogP contribution in [0, 0.1) is 0 Å². The van der Waals surface area contributed by atoms with Gasteiger partial charge in [0.1, 0.15) is 5.75 Å². The molecule has 32 heavy (non-hydrogen) atoms. The van der Waals surface area contributed by atoms with Gasteiger partial charge in [-0.05, 0) is 49.6 Å². The molecule has 2 aromatic rings. The van der Waals surface area contributed by atoms with Gasteiger partial charge in [0.05, 0.1) is 11.5 Å². The van der Waals surface area contributed by atoms with E-state index in [1.54, 1.807) is 40.9 Å². The van der Waals surface area contributed by atoms with Gasteiger partial charge in [0.2, 0.25) is 15.9 Å². The fourth-order valence-corrected chi connectivity index (χ4v) is 5.33. The van der Waals surface area contributed by atoms with Gasteiger partial charge in [0.15, 0.2) is 5.78 Å². The molecule has 0 saturated carbocycles. The minimum Gasteiger partial charge on any atom is -0.494 e. The molecule has 1 saturated heterocycles. The monoisotopic (exact) mass is 476 g/mol. The number of amides is 1. The third kappa shape index (κ3) is 5.90. The van der Waals surface area contributed by atoms with Crippen LogP contribution in [0.25, 0.3) is 0 Å². The van der Waals surface area contributed by atoms with Crippen LogP contribution in [0.4, 0.5) is 0 Å². The third-order valence-corrected chi connectivity index (χ3v) is 8.00. The highest BCUT2D eigenvalue weighted by Gasteiger charge is 2.30. The lowest BCUT2D eigenvalue weighted by atomic mass is 10.1. The van der Waals surface area contributed by atoms with E-state index in [-0.39, 0.29) is 42.5 Å². The van der Waals surface area contributed by atoms with Gasteiger partial charge in [-0.15, -0.1) is 11.8 Å². The number of ether oxygens (including phenoxy) is 1. The second-order valence-electron chi connectivity index (χ2n) is 7.34. The lowest BCUT2D eigenvalue weighted by Gasteiger charge is -2.34. The lowest BCUT2D eigenvalue weighted by molar-refractivity contribution is -0.132. The highest BCUT2D eigenvalue weighted by Crippen LogP contribution is 2.21. The summed E-state index contributed by atoms with van der Waals surface area (Å²) in [6.07, 6.45) is 2.23. The Morgan fingerprint density at radius 1 is 0.938 bits per heavy atom. The third-order valence-electron chi connectivity index (χ3n) is 5.34. The van der Waals surface area contributed by atoms with Crippen molar-refractivity contribution in [2.24, 2.45) is 0 Å². The molecule has 0 radical (unpaired) electrons. The quantitative estimate of drug-likeness (QED) is 0.408. The van der Waals surface area contributed by atoms with Crippen molar-refractivity contribution in [3.63, 3.8) is 0 Å². The summed E-state index contributed by atoms with van der Waals surface area (Å²) in [5.74, 6) is 0.427. The second kappa shape index (κ2) is 11.0. The van der Waals surface area contributed by atoms with E-state index < -0.39 is 10.0 Å². The molecule has 9 heteroatoms. The summed E-state index contributed by atoms with van der Waals surface area (Å²) in [6.45, 7) is 3.45. The van der Waals surface area contributed by atoms with Gasteiger partial charge < -0.3 is 9.64 Å². The maximum atomic E-state index is 12.9. The summed E-state index contributed by atoms with van der Waals surface area (Å²) < 4.78 is 32.5. The van der Waals surface area contributed by atoms with Crippen LogP contribution in [-0.4, -0.2) is 68.4 Å². The summed E-state index contributed by atoms with van der Waals surface area (Å²) in [5, 5.41) is 0. The van der Waals surface area contributed by atoms with Crippen molar-refractivity contribution in [2.45, 2.75) is 29.6 Å². The molecule has 0 aliphatic carbocycles. The van der Waals surface area contributed by atoms with Gasteiger partial charge in [-0.1, -0.05) is 12.1 Å². The van der Waals surface area contributed by atoms with Gasteiger partial charge in [-0.2, -0.15) is 4.31 Å². The maximum Gasteiger partial charge on any atom is 0.243 e. The number of hydrogen-bond acceptors (Lipinski definition) is 6. The second-order valence-corrected chi connectivity index (χ2v) is 10.2. The fourth-order valence-electron chi connectivity index (χ4n) is 3.50. The van der Waals surface area contributed by atoms with Crippen molar-refractivity contribution in [3.8, 4) is 5.75 Å². The Hall–Kier alpha value is -2.36. The molecule has 2 aromatic carbocycles. The molecule has 0 atom stereocenters. The molecule has 7 nitrogen and oxygen atoms in total. The Balaban J connectivity index is 1.50. The standard InChI is InChI=1S/C23H28N2O5S2/c1-3-30-19-6-10-21(11-7-19)32(28,29)25-16-14-24(15-17-25)23(27)13-12-22(26)18-4-8-20(31-2)9-5-18/h4-11H,3,12-17H2,1-2H3. The van der Waals surface area contributed by atoms with Gasteiger partial charge in [0, 0.05) is 49.5 Å². The number of hydrogen-bond donors (Lipinski definition) is 0. The number of ketones is 1. The molecular formula is C23H28N2O5S2. The highest BCUT2D eigenvalue weighted by molar-refractivity contribution is 7.98. The first kappa shape index (κ1) is 24.3. The van der Waals surface area contributed by atoms with E-state index >= 15 is 0 Å². The number of benzene rings is 2. The van der Waals surface area contributed by atoms with E-state index in [2.05, 4.69) is 0 Å². The van der Waals surface area contributed by atoms with Crippen LogP contribution in [0.5, 0.6) is 5.75 Å². The van der Waals surface area contributed by atoms with Crippen molar-refractivity contribution in [1.82, 2.24) is 9.21 Å². The van der Waals surface area contributed by atoms with E-state index in [0.717, 1.165) is 4.90 Å². The largest absolute Gasteiger partial charge is 0.494 e. The topological polar surface area (TPSA) is 84.0 Å². The highest BCUT2D eigenvalue weighted by atomic mass is 32.2. The molecular weight excluding hydrogens is 448 g/mol. The van der Waals surface area contributed by atoms with E-state index in [1.165, 1.54) is 16.4 Å². The van der Waals surface area contributed by atoms with Crippen LogP contribution in [0.2, 0.25) is 0 Å². The SMILES string of the molecule is CCOc1ccc(S(=O)(=O)N2CCN(C(=O)CCC(=O)c3ccc(SC)cc3)CC2)cc1. The van der Waals surface area contributed by atoms with Crippen LogP contribution in [0.3, 0.4) is 0 Å². The summed E-state index contributed by atoms with van der Waals surface area (Å²) in [5.41, 5.74) is 0.599. The van der Waals surface area contributed by atoms with Gasteiger partial charge in [0.25, 0.3) is 0 Å². The number of carbonyl (C=O) groups is 2. The molecule has 0 unspecified atom stereocenters. The van der Waals surface area contributed by atoms with E-state index in [9.17, 15) is 18.0 Å². The van der Waals surface area contributed by atoms with E-state index in [4.69, 9.17) is 4.74 Å². The van der Waals surface area contributed by atoms with Crippen molar-refractivity contribution >= 4 is 33.5 Å². The Bertz CT molecular complexity index is 1030. The van der Waals surface area contributed by atoms with Crippen molar-refractivity contribution in [2.75, 3.05) is 39.0 Å². The van der Waals surface area contributed by atoms with Gasteiger partial charge in [-0.25, -0.2) is 8.42 Å². The number of carbonyl (C=O) groups excluding carboxylic acids is 2. The van der Waals surface area contributed by atoms with Crippen molar-refractivity contribution < 1.29 is 22.7 Å². The number of thioether (sulfide) groups is 1. The number of piperazine rings is 1. The maximum absolute atomic E-state index is 12.9. The van der Waals surface area contributed by atoms with Crippen molar-refractivity contribution in [1.29, 1.82) is 0 Å². The summed E-state index contributed by atoms with van der Waals surface area (Å²) in [6, 6.07) is 13.7. The molecule has 1 aliphatic rings. The predicted molar refractivity (Wildman–Crippen MR) is 125 cm³/mol. The molecule has 0 aromatic heterocycles. The van der Waals surface area contributed by atoms with Crippen LogP contribution in [0.1, 0.15) is 30.1 Å². The minimum atomic E-state index is -3.63. The molecule has 172 valence electrons. The molecule has 0 bridgehead atoms. The van der Waals surface area contributed by atoms with Crippen LogP contribution in [-0.2, 0) is 14.8 Å². The Morgan fingerprint density at radius 2 is 1.56 bits per heavy atom. The molecule has 1 heterocycles. The van der Waals surface area contributed by atoms with E-state index in [1.807, 2.05) is 25.3 Å². The molecule has 1 amide bonds. The minimum absolute atomic E-state index is 0.0669. The average Bonchev–Trinajstić information content (AvgIpc) is 2.83. The summed E-state index contributed by atoms with van der Waals surface area (Å²) in [7, 11) is -3.63. The summed E-state index contributed by atoms with van der Waals surface area (Å²) >= 11 is 1.60. The molecule has 1 fully saturated rings. The van der Waals surface area contributed by atoms with Gasteiger partial charge in [-0.3, -0.25) is 9.59 Å². The molecule has 3 rings (SSSR count). The molecule has 0 N–H and O–H groups in total.